The predicted molar refractivity (Wildman–Crippen MR) is 329 cm³/mol. The minimum atomic E-state index is -1.16. The van der Waals surface area contributed by atoms with Crippen molar-refractivity contribution >= 4 is 109 Å². The van der Waals surface area contributed by atoms with Gasteiger partial charge in [-0.1, -0.05) is 49.4 Å². The van der Waals surface area contributed by atoms with Gasteiger partial charge in [0.2, 0.25) is 11.8 Å². The lowest BCUT2D eigenvalue weighted by Gasteiger charge is -2.22. The van der Waals surface area contributed by atoms with Crippen molar-refractivity contribution in [1.29, 1.82) is 0 Å². The van der Waals surface area contributed by atoms with E-state index in [1.807, 2.05) is 13.8 Å². The molecule has 456 valence electrons. The molecule has 10 bridgehead atoms. The summed E-state index contributed by atoms with van der Waals surface area (Å²) in [7, 11) is 4.52. The number of hydrogen-bond donors (Lipinski definition) is 6. The quantitative estimate of drug-likeness (QED) is 0.0327. The zero-order valence-corrected chi connectivity index (χ0v) is 52.4. The number of hydrogen-bond acceptors (Lipinski definition) is 26. The number of benzene rings is 1. The van der Waals surface area contributed by atoms with E-state index in [1.165, 1.54) is 36.8 Å². The Hall–Kier alpha value is -7.79. The van der Waals surface area contributed by atoms with Crippen LogP contribution in [-0.4, -0.2) is 138 Å². The summed E-state index contributed by atoms with van der Waals surface area (Å²) in [5.41, 5.74) is 2.57. The van der Waals surface area contributed by atoms with Crippen molar-refractivity contribution in [2.24, 2.45) is 11.1 Å². The number of rotatable bonds is 19. The second-order valence-corrected chi connectivity index (χ2v) is 25.1. The maximum absolute atomic E-state index is 14.3. The Balaban J connectivity index is 1.07. The first-order valence-electron chi connectivity index (χ1n) is 26.8. The number of carbonyl (C=O) groups excluding carboxylic acids is 6. The number of nitroso groups, excluding NO2 is 1. The summed E-state index contributed by atoms with van der Waals surface area (Å²) in [6.45, 7) is 6.64. The predicted octanol–water partition coefficient (Wildman–Crippen LogP) is 8.31. The average molecular weight is 1300 g/mol. The fourth-order valence-corrected chi connectivity index (χ4v) is 14.1. The summed E-state index contributed by atoms with van der Waals surface area (Å²) < 4.78 is 26.5. The summed E-state index contributed by atoms with van der Waals surface area (Å²) in [4.78, 5) is 130. The lowest BCUT2D eigenvalue weighted by Crippen LogP contribution is -2.40. The minimum absolute atomic E-state index is 0.0119. The lowest BCUT2D eigenvalue weighted by atomic mass is 10.0. The highest BCUT2D eigenvalue weighted by Gasteiger charge is 2.34. The number of aromatic nitrogens is 7. The molecule has 1 aromatic carbocycles. The number of carbonyl (C=O) groups is 6. The topological polar surface area (TPSA) is 340 Å². The largest absolute Gasteiger partial charge is 0.447 e. The number of fused-ring (bicyclic) bond motifs is 14. The molecule has 0 saturated heterocycles. The number of thiazole rings is 6. The van der Waals surface area contributed by atoms with Gasteiger partial charge in [-0.2, -0.15) is 4.91 Å². The molecular weight excluding hydrogens is 1240 g/mol. The normalized spacial score (nSPS) is 16.1. The number of nitrogens with one attached hydrogen (secondary N) is 6. The highest BCUT2D eigenvalue weighted by molar-refractivity contribution is 7.15. The number of methoxy groups -OCH3 is 2. The van der Waals surface area contributed by atoms with Crippen LogP contribution < -0.4 is 31.9 Å². The third-order valence-corrected chi connectivity index (χ3v) is 18.6. The van der Waals surface area contributed by atoms with Crippen molar-refractivity contribution in [1.82, 2.24) is 61.5 Å². The number of aryl methyl sites for hydroxylation is 1. The minimum Gasteiger partial charge on any atom is -0.447 e. The Morgan fingerprint density at radius 3 is 2.10 bits per heavy atom. The molecule has 32 heteroatoms. The van der Waals surface area contributed by atoms with Gasteiger partial charge in [0.15, 0.2) is 0 Å². The van der Waals surface area contributed by atoms with Crippen molar-refractivity contribution < 1.29 is 52.5 Å². The van der Waals surface area contributed by atoms with Crippen LogP contribution in [0.1, 0.15) is 106 Å². The maximum atomic E-state index is 14.3. The van der Waals surface area contributed by atoms with Gasteiger partial charge >= 0.3 is 6.09 Å². The number of ether oxygens (including phenoxy) is 5. The molecule has 6 N–H and O–H groups in total. The number of amides is 6. The molecule has 1 aliphatic heterocycles. The molecule has 8 aromatic rings. The first-order chi connectivity index (χ1) is 42.1. The van der Waals surface area contributed by atoms with Gasteiger partial charge in [0.05, 0.1) is 75.3 Å². The molecule has 6 amide bonds. The summed E-state index contributed by atoms with van der Waals surface area (Å²) in [6, 6.07) is 8.18. The van der Waals surface area contributed by atoms with Crippen molar-refractivity contribution in [3.05, 3.63) is 116 Å². The molecule has 0 unspecified atom stereocenters. The van der Waals surface area contributed by atoms with Gasteiger partial charge in [0.1, 0.15) is 88.7 Å². The smallest absolute Gasteiger partial charge is 0.412 e. The molecule has 0 saturated carbocycles. The van der Waals surface area contributed by atoms with Gasteiger partial charge in [0, 0.05) is 53.2 Å². The number of pyridine rings is 1. The molecule has 8 heterocycles. The maximum Gasteiger partial charge on any atom is 0.412 e. The monoisotopic (exact) mass is 1300 g/mol. The van der Waals surface area contributed by atoms with Crippen LogP contribution in [0.4, 0.5) is 10.6 Å². The van der Waals surface area contributed by atoms with E-state index in [2.05, 4.69) is 47.0 Å². The second-order valence-electron chi connectivity index (χ2n) is 19.3. The SMILES string of the molecule is CNC(=O)C[C@@H]1NC(=O)c2csc(n2)-c2ccc(-c3nc(NC(=O)OCCOCCOCCOC)cs3)nc2-c2csc(n2)-c2csc(n2)[C@H]([C@@H](N=O)c2ccccc2)NC(=O)CNC(=O)c2nc(sc2COC)[C@H](C(C)C)NC(=O)c2nc1sc2C. The highest BCUT2D eigenvalue weighted by Crippen LogP contribution is 2.41. The van der Waals surface area contributed by atoms with Crippen molar-refractivity contribution in [3.8, 4) is 43.4 Å². The van der Waals surface area contributed by atoms with Crippen molar-refractivity contribution in [2.75, 3.05) is 72.8 Å². The standard InChI is InChI=1S/C55H58N14O12S6/c1-27(2)40-54-68-44(36(87-54)22-78-6)47(73)57-21-39(71)65-45(42(69-76)29-10-8-7-9-11-29)53-62-35(25-84-53)51-60-33(23-83-51)43-30(12-13-31(58-43)50-63-37(26-85-50)64-55(75)81-19-18-80-17-16-79-15-14-77-5)49-61-34(24-82-49)46(72)59-32(20-38(70)56-4)52-67-41(28(3)86-52)48(74)66-40/h7-13,23-27,32,40,42,45H,14-22H2,1-6H3,(H,56,70)(H,57,73)(H,59,72)(H,64,75)(H,65,71)(H,66,74)/t32-,40-,42-,45-/m0/s1. The zero-order valence-electron chi connectivity index (χ0n) is 47.5. The van der Waals surface area contributed by atoms with E-state index in [4.69, 9.17) is 48.6 Å². The van der Waals surface area contributed by atoms with E-state index >= 15 is 0 Å². The number of nitrogens with zero attached hydrogens (tertiary/aromatic N) is 8. The van der Waals surface area contributed by atoms with Gasteiger partial charge in [0.25, 0.3) is 17.7 Å². The third kappa shape index (κ3) is 16.1. The molecule has 9 rings (SSSR count). The van der Waals surface area contributed by atoms with Gasteiger partial charge in [-0.3, -0.25) is 29.3 Å². The van der Waals surface area contributed by atoms with Crippen LogP contribution in [0.2, 0.25) is 0 Å². The molecular formula is C55H58N14O12S6. The van der Waals surface area contributed by atoms with E-state index in [1.54, 1.807) is 78.0 Å². The van der Waals surface area contributed by atoms with Gasteiger partial charge in [-0.15, -0.1) is 68.0 Å². The van der Waals surface area contributed by atoms with Crippen molar-refractivity contribution in [3.63, 3.8) is 0 Å². The third-order valence-electron chi connectivity index (χ3n) is 12.9. The molecule has 0 fully saturated rings. The van der Waals surface area contributed by atoms with Crippen molar-refractivity contribution in [2.45, 2.75) is 58.0 Å². The molecule has 7 aromatic heterocycles. The molecule has 87 heavy (non-hydrogen) atoms. The molecule has 0 spiro atoms. The molecule has 26 nitrogen and oxygen atoms in total. The van der Waals surface area contributed by atoms with Crippen LogP contribution >= 0.6 is 68.0 Å². The highest BCUT2D eigenvalue weighted by atomic mass is 32.1. The van der Waals surface area contributed by atoms with Crippen LogP contribution in [0.3, 0.4) is 0 Å². The van der Waals surface area contributed by atoms with E-state index in [0.717, 1.165) is 45.3 Å². The summed E-state index contributed by atoms with van der Waals surface area (Å²) in [5.74, 6) is -3.00. The molecule has 4 atom stereocenters. The first-order valence-corrected chi connectivity index (χ1v) is 32.0. The Morgan fingerprint density at radius 1 is 0.655 bits per heavy atom. The van der Waals surface area contributed by atoms with Crippen LogP contribution in [0.25, 0.3) is 43.4 Å². The average Bonchev–Trinajstić information content (AvgIpc) is 2.14. The van der Waals surface area contributed by atoms with E-state index in [0.29, 0.717) is 95.1 Å². The summed E-state index contributed by atoms with van der Waals surface area (Å²) >= 11 is 7.08. The zero-order chi connectivity index (χ0) is 61.6. The fourth-order valence-electron chi connectivity index (χ4n) is 8.56. The Kier molecular flexibility index (Phi) is 22.1. The Labute approximate surface area is 521 Å². The van der Waals surface area contributed by atoms with Gasteiger partial charge in [-0.05, 0) is 30.5 Å². The number of anilines is 1. The first kappa shape index (κ1) is 63.7. The van der Waals surface area contributed by atoms with Crippen LogP contribution in [-0.2, 0) is 39.9 Å². The molecule has 1 aliphatic rings. The summed E-state index contributed by atoms with van der Waals surface area (Å²) in [6.07, 6.45) is -0.965. The lowest BCUT2D eigenvalue weighted by molar-refractivity contribution is -0.121. The Bertz CT molecular complexity index is 3730. The van der Waals surface area contributed by atoms with Crippen LogP contribution in [0, 0.1) is 17.7 Å². The van der Waals surface area contributed by atoms with E-state index < -0.39 is 66.3 Å². The van der Waals surface area contributed by atoms with Crippen LogP contribution in [0.5, 0.6) is 0 Å². The summed E-state index contributed by atoms with van der Waals surface area (Å²) in [5, 5.41) is 29.2. The second kappa shape index (κ2) is 30.2. The van der Waals surface area contributed by atoms with Gasteiger partial charge in [-0.25, -0.2) is 39.7 Å². The molecule has 0 radical (unpaired) electrons. The van der Waals surface area contributed by atoms with E-state index in [9.17, 15) is 33.7 Å². The molecule has 0 aliphatic carbocycles. The fraction of sp³-hybridized carbons (Fsp3) is 0.364. The Morgan fingerprint density at radius 2 is 1.36 bits per heavy atom. The van der Waals surface area contributed by atoms with Crippen LogP contribution in [0.15, 0.2) is 69.2 Å². The van der Waals surface area contributed by atoms with Gasteiger partial charge < -0.3 is 50.3 Å². The van der Waals surface area contributed by atoms with E-state index in [-0.39, 0.29) is 60.1 Å².